The Morgan fingerprint density at radius 3 is 1.86 bits per heavy atom. The molecule has 0 radical (unpaired) electrons. The lowest BCUT2D eigenvalue weighted by atomic mass is 10.2. The van der Waals surface area contributed by atoms with Crippen LogP contribution in [0.25, 0.3) is 0 Å². The Morgan fingerprint density at radius 1 is 1.10 bits per heavy atom. The fourth-order valence-electron chi connectivity index (χ4n) is 3.36. The number of carbonyl (C=O) groups is 1. The van der Waals surface area contributed by atoms with Gasteiger partial charge in [-0.2, -0.15) is 0 Å². The van der Waals surface area contributed by atoms with E-state index in [0.29, 0.717) is 6.61 Å². The second kappa shape index (κ2) is 7.74. The van der Waals surface area contributed by atoms with Crippen molar-refractivity contribution in [3.05, 3.63) is 12.2 Å². The van der Waals surface area contributed by atoms with Crippen LogP contribution in [0.4, 0.5) is 0 Å². The van der Waals surface area contributed by atoms with E-state index in [0.717, 1.165) is 41.8 Å². The molecule has 0 saturated carbocycles. The van der Waals surface area contributed by atoms with Gasteiger partial charge in [0, 0.05) is 0 Å². The highest BCUT2D eigenvalue weighted by molar-refractivity contribution is 6.88. The average molecular weight is 329 g/mol. The smallest absolute Gasteiger partial charge is 0.308 e. The minimum Gasteiger partial charge on any atom is -0.461 e. The van der Waals surface area contributed by atoms with Crippen molar-refractivity contribution in [2.24, 2.45) is 5.92 Å². The zero-order chi connectivity index (χ0) is 16.1. The minimum absolute atomic E-state index is 0.0150. The molecule has 1 heterocycles. The molecular formula is C16H32O3Si2. The number of hydrogen-bond acceptors (Lipinski definition) is 3. The summed E-state index contributed by atoms with van der Waals surface area (Å²) in [5.41, 5.74) is 0.902. The van der Waals surface area contributed by atoms with Crippen molar-refractivity contribution in [2.45, 2.75) is 70.9 Å². The van der Waals surface area contributed by atoms with Gasteiger partial charge in [-0.3, -0.25) is 4.79 Å². The molecular weight excluding hydrogens is 296 g/mol. The molecule has 21 heavy (non-hydrogen) atoms. The number of carbonyl (C=O) groups excluding carboxylic acids is 1. The van der Waals surface area contributed by atoms with E-state index in [4.69, 9.17) is 8.85 Å². The maximum Gasteiger partial charge on any atom is 0.308 e. The lowest BCUT2D eigenvalue weighted by Gasteiger charge is -2.48. The first-order valence-electron chi connectivity index (χ1n) is 8.37. The lowest BCUT2D eigenvalue weighted by molar-refractivity contribution is -0.146. The fourth-order valence-corrected chi connectivity index (χ4v) is 14.9. The molecule has 1 fully saturated rings. The van der Waals surface area contributed by atoms with Crippen molar-refractivity contribution in [3.63, 3.8) is 0 Å². The summed E-state index contributed by atoms with van der Waals surface area (Å²) in [6.45, 7) is 15.0. The maximum atomic E-state index is 12.5. The van der Waals surface area contributed by atoms with Crippen LogP contribution in [0.3, 0.4) is 0 Å². The first kappa shape index (κ1) is 18.7. The Morgan fingerprint density at radius 2 is 1.52 bits per heavy atom. The van der Waals surface area contributed by atoms with Gasteiger partial charge in [0.15, 0.2) is 16.6 Å². The van der Waals surface area contributed by atoms with Gasteiger partial charge in [0.25, 0.3) is 0 Å². The summed E-state index contributed by atoms with van der Waals surface area (Å²) in [5.74, 6) is 0.0510. The SMILES string of the molecule is C=C(C)COC(=O)C1C[Si](CC)(CC)O[Si](CC)(CC)C1. The third-order valence-corrected chi connectivity index (χ3v) is 16.1. The minimum atomic E-state index is -1.75. The van der Waals surface area contributed by atoms with Gasteiger partial charge in [0.1, 0.15) is 6.61 Å². The van der Waals surface area contributed by atoms with E-state index in [9.17, 15) is 4.79 Å². The van der Waals surface area contributed by atoms with Crippen LogP contribution in [0.15, 0.2) is 12.2 Å². The van der Waals surface area contributed by atoms with E-state index in [-0.39, 0.29) is 11.9 Å². The van der Waals surface area contributed by atoms with Crippen LogP contribution in [0.2, 0.25) is 36.3 Å². The van der Waals surface area contributed by atoms with Gasteiger partial charge < -0.3 is 8.85 Å². The summed E-state index contributed by atoms with van der Waals surface area (Å²) in [6.07, 6.45) is 0. The Hall–Kier alpha value is -0.396. The molecule has 1 saturated heterocycles. The topological polar surface area (TPSA) is 35.5 Å². The Kier molecular flexibility index (Phi) is 6.88. The molecule has 1 aliphatic heterocycles. The third kappa shape index (κ3) is 4.53. The van der Waals surface area contributed by atoms with E-state index < -0.39 is 16.6 Å². The van der Waals surface area contributed by atoms with E-state index in [1.165, 1.54) is 0 Å². The molecule has 0 aliphatic carbocycles. The van der Waals surface area contributed by atoms with Gasteiger partial charge >= 0.3 is 5.97 Å². The van der Waals surface area contributed by atoms with Gasteiger partial charge in [-0.25, -0.2) is 0 Å². The molecule has 0 N–H and O–H groups in total. The zero-order valence-electron chi connectivity index (χ0n) is 14.5. The molecule has 1 aliphatic rings. The summed E-state index contributed by atoms with van der Waals surface area (Å²) in [6, 6.07) is 6.35. The first-order chi connectivity index (χ1) is 9.86. The van der Waals surface area contributed by atoms with Crippen LogP contribution in [0.1, 0.15) is 34.6 Å². The normalized spacial score (nSPS) is 21.0. The molecule has 0 unspecified atom stereocenters. The van der Waals surface area contributed by atoms with Crippen LogP contribution in [0.5, 0.6) is 0 Å². The highest BCUT2D eigenvalue weighted by Gasteiger charge is 2.51. The molecule has 0 spiro atoms. The van der Waals surface area contributed by atoms with E-state index in [2.05, 4.69) is 34.3 Å². The van der Waals surface area contributed by atoms with Crippen molar-refractivity contribution in [1.29, 1.82) is 0 Å². The molecule has 5 heteroatoms. The van der Waals surface area contributed by atoms with E-state index in [1.54, 1.807) is 0 Å². The number of esters is 1. The molecule has 0 bridgehead atoms. The molecule has 1 rings (SSSR count). The number of hydrogen-bond donors (Lipinski definition) is 0. The van der Waals surface area contributed by atoms with Gasteiger partial charge in [-0.1, -0.05) is 34.3 Å². The van der Waals surface area contributed by atoms with Crippen molar-refractivity contribution in [3.8, 4) is 0 Å². The summed E-state index contributed by atoms with van der Waals surface area (Å²) >= 11 is 0. The van der Waals surface area contributed by atoms with Crippen LogP contribution in [-0.2, 0) is 13.6 Å². The molecule has 0 aromatic rings. The molecule has 3 nitrogen and oxygen atoms in total. The molecule has 0 amide bonds. The number of ether oxygens (including phenoxy) is 1. The predicted octanol–water partition coefficient (Wildman–Crippen LogP) is 4.72. The predicted molar refractivity (Wildman–Crippen MR) is 93.4 cm³/mol. The zero-order valence-corrected chi connectivity index (χ0v) is 16.5. The summed E-state index contributed by atoms with van der Waals surface area (Å²) < 4.78 is 12.3. The van der Waals surface area contributed by atoms with Crippen molar-refractivity contribution >= 4 is 22.6 Å². The maximum absolute atomic E-state index is 12.5. The van der Waals surface area contributed by atoms with Crippen molar-refractivity contribution < 1.29 is 13.6 Å². The number of rotatable bonds is 7. The molecule has 0 atom stereocenters. The summed E-state index contributed by atoms with van der Waals surface area (Å²) in [5, 5.41) is 0. The Labute approximate surface area is 132 Å². The first-order valence-corrected chi connectivity index (χ1v) is 13.4. The largest absolute Gasteiger partial charge is 0.461 e. The lowest BCUT2D eigenvalue weighted by Crippen LogP contribution is -2.57. The van der Waals surface area contributed by atoms with Gasteiger partial charge in [0.05, 0.1) is 5.92 Å². The fraction of sp³-hybridized carbons (Fsp3) is 0.812. The third-order valence-electron chi connectivity index (χ3n) is 5.04. The summed E-state index contributed by atoms with van der Waals surface area (Å²) in [4.78, 5) is 12.5. The quantitative estimate of drug-likeness (QED) is 0.385. The highest BCUT2D eigenvalue weighted by Crippen LogP contribution is 2.43. The Bertz CT molecular complexity index is 354. The van der Waals surface area contributed by atoms with Gasteiger partial charge in [-0.15, -0.1) is 0 Å². The van der Waals surface area contributed by atoms with Crippen LogP contribution >= 0.6 is 0 Å². The molecule has 0 aromatic heterocycles. The average Bonchev–Trinajstić information content (AvgIpc) is 2.51. The van der Waals surface area contributed by atoms with Crippen LogP contribution < -0.4 is 0 Å². The van der Waals surface area contributed by atoms with Crippen molar-refractivity contribution in [2.75, 3.05) is 6.61 Å². The molecule has 122 valence electrons. The van der Waals surface area contributed by atoms with Gasteiger partial charge in [0.2, 0.25) is 0 Å². The van der Waals surface area contributed by atoms with Gasteiger partial charge in [-0.05, 0) is 48.8 Å². The standard InChI is InChI=1S/C16H32O3Si2/c1-7-20(8-2)12-15(16(17)18-11-14(5)6)13-21(9-3,10-4)19-20/h15H,5,7-13H2,1-4,6H3. The van der Waals surface area contributed by atoms with E-state index in [1.807, 2.05) is 6.92 Å². The second-order valence-electron chi connectivity index (χ2n) is 6.55. The highest BCUT2D eigenvalue weighted by atomic mass is 28.4. The molecule has 0 aromatic carbocycles. The van der Waals surface area contributed by atoms with Crippen LogP contribution in [0, 0.1) is 5.92 Å². The second-order valence-corrected chi connectivity index (χ2v) is 15.7. The summed E-state index contributed by atoms with van der Waals surface area (Å²) in [7, 11) is -3.50. The van der Waals surface area contributed by atoms with E-state index >= 15 is 0 Å². The van der Waals surface area contributed by atoms with Crippen LogP contribution in [-0.4, -0.2) is 29.2 Å². The van der Waals surface area contributed by atoms with Crippen molar-refractivity contribution in [1.82, 2.24) is 0 Å². The Balaban J connectivity index is 2.93. The monoisotopic (exact) mass is 328 g/mol.